The Hall–Kier alpha value is -1.26. The van der Waals surface area contributed by atoms with Crippen molar-refractivity contribution in [2.75, 3.05) is 19.6 Å². The minimum Gasteiger partial charge on any atom is -0.460 e. The van der Waals surface area contributed by atoms with E-state index in [1.54, 1.807) is 0 Å². The van der Waals surface area contributed by atoms with Crippen molar-refractivity contribution < 1.29 is 9.53 Å². The number of carbonyl (C=O) groups excluding carboxylic acids is 1. The van der Waals surface area contributed by atoms with E-state index >= 15 is 0 Å². The summed E-state index contributed by atoms with van der Waals surface area (Å²) in [6.45, 7) is 7.95. The van der Waals surface area contributed by atoms with Gasteiger partial charge in [0.1, 0.15) is 5.60 Å². The topological polar surface area (TPSA) is 62.7 Å². The lowest BCUT2D eigenvalue weighted by atomic mass is 10.2. The van der Waals surface area contributed by atoms with E-state index in [1.807, 2.05) is 20.8 Å². The quantitative estimate of drug-likeness (QED) is 0.695. The summed E-state index contributed by atoms with van der Waals surface area (Å²) in [6.07, 6.45) is 1.43. The molecule has 0 aromatic rings. The second-order valence-corrected chi connectivity index (χ2v) is 4.77. The molecule has 16 heavy (non-hydrogen) atoms. The number of ether oxygens (including phenoxy) is 1. The van der Waals surface area contributed by atoms with E-state index in [4.69, 9.17) is 4.74 Å². The first-order valence-corrected chi connectivity index (χ1v) is 5.71. The van der Waals surface area contributed by atoms with E-state index in [0.717, 1.165) is 25.5 Å². The monoisotopic (exact) mass is 227 g/mol. The zero-order chi connectivity index (χ0) is 12.0. The normalized spacial score (nSPS) is 16.1. The molecule has 0 saturated carbocycles. The van der Waals surface area contributed by atoms with Crippen LogP contribution in [-0.4, -0.2) is 37.2 Å². The molecule has 0 aromatic heterocycles. The highest BCUT2D eigenvalue weighted by Crippen LogP contribution is 2.07. The molecule has 5 nitrogen and oxygen atoms in total. The third kappa shape index (κ3) is 5.58. The molecule has 0 aliphatic carbocycles. The summed E-state index contributed by atoms with van der Waals surface area (Å²) in [5.41, 5.74) is -0.405. The number of nitrogens with zero attached hydrogens (tertiary/aromatic N) is 1. The van der Waals surface area contributed by atoms with Crippen molar-refractivity contribution in [2.45, 2.75) is 39.2 Å². The van der Waals surface area contributed by atoms with Gasteiger partial charge in [-0.25, -0.2) is 0 Å². The van der Waals surface area contributed by atoms with E-state index in [1.165, 1.54) is 0 Å². The maximum absolute atomic E-state index is 11.4. The first-order valence-electron chi connectivity index (χ1n) is 5.71. The van der Waals surface area contributed by atoms with Crippen LogP contribution < -0.4 is 10.6 Å². The molecule has 0 atom stereocenters. The van der Waals surface area contributed by atoms with Crippen LogP contribution in [0.15, 0.2) is 4.99 Å². The first-order chi connectivity index (χ1) is 7.47. The Morgan fingerprint density at radius 1 is 1.56 bits per heavy atom. The minimum absolute atomic E-state index is 0.184. The fourth-order valence-electron chi connectivity index (χ4n) is 1.33. The summed E-state index contributed by atoms with van der Waals surface area (Å²) in [4.78, 5) is 15.6. The summed E-state index contributed by atoms with van der Waals surface area (Å²) in [5, 5.41) is 6.20. The zero-order valence-corrected chi connectivity index (χ0v) is 10.3. The van der Waals surface area contributed by atoms with Crippen LogP contribution in [0.4, 0.5) is 0 Å². The molecule has 92 valence electrons. The Bertz CT molecular complexity index is 269. The molecule has 0 saturated heterocycles. The van der Waals surface area contributed by atoms with Crippen molar-refractivity contribution in [3.63, 3.8) is 0 Å². The molecular weight excluding hydrogens is 206 g/mol. The van der Waals surface area contributed by atoms with Crippen LogP contribution in [0, 0.1) is 0 Å². The van der Waals surface area contributed by atoms with Crippen LogP contribution in [0.25, 0.3) is 0 Å². The SMILES string of the molecule is CC(C)(C)OC(=O)CCNC1=NCCCN1. The molecule has 0 radical (unpaired) electrons. The Balaban J connectivity index is 2.15. The summed E-state index contributed by atoms with van der Waals surface area (Å²) >= 11 is 0. The zero-order valence-electron chi connectivity index (χ0n) is 10.3. The lowest BCUT2D eigenvalue weighted by Gasteiger charge is -2.20. The molecule has 0 bridgehead atoms. The second kappa shape index (κ2) is 5.72. The van der Waals surface area contributed by atoms with Gasteiger partial charge in [0.15, 0.2) is 5.96 Å². The van der Waals surface area contributed by atoms with Crippen LogP contribution in [0.1, 0.15) is 33.6 Å². The van der Waals surface area contributed by atoms with E-state index in [-0.39, 0.29) is 5.97 Å². The molecule has 1 rings (SSSR count). The molecule has 0 unspecified atom stereocenters. The number of carbonyl (C=O) groups is 1. The molecule has 0 fully saturated rings. The van der Waals surface area contributed by atoms with E-state index in [2.05, 4.69) is 15.6 Å². The number of aliphatic imine (C=N–C) groups is 1. The van der Waals surface area contributed by atoms with Crippen molar-refractivity contribution in [1.82, 2.24) is 10.6 Å². The van der Waals surface area contributed by atoms with Crippen molar-refractivity contribution >= 4 is 11.9 Å². The molecule has 1 aliphatic heterocycles. The summed E-state index contributed by atoms with van der Waals surface area (Å²) in [7, 11) is 0. The Morgan fingerprint density at radius 3 is 2.88 bits per heavy atom. The van der Waals surface area contributed by atoms with Gasteiger partial charge in [-0.05, 0) is 27.2 Å². The lowest BCUT2D eigenvalue weighted by molar-refractivity contribution is -0.154. The predicted octanol–water partition coefficient (Wildman–Crippen LogP) is 0.657. The van der Waals surface area contributed by atoms with Crippen molar-refractivity contribution in [2.24, 2.45) is 4.99 Å². The first kappa shape index (κ1) is 12.8. The van der Waals surface area contributed by atoms with E-state index in [9.17, 15) is 4.79 Å². The highest BCUT2D eigenvalue weighted by Gasteiger charge is 2.15. The standard InChI is InChI=1S/C11H21N3O2/c1-11(2,3)16-9(15)5-8-14-10-12-6-4-7-13-10/h4-8H2,1-3H3,(H2,12,13,14). The van der Waals surface area contributed by atoms with Gasteiger partial charge in [0.05, 0.1) is 6.42 Å². The Kier molecular flexibility index (Phi) is 4.58. The molecule has 2 N–H and O–H groups in total. The van der Waals surface area contributed by atoms with Crippen molar-refractivity contribution in [1.29, 1.82) is 0 Å². The Labute approximate surface area is 96.7 Å². The maximum Gasteiger partial charge on any atom is 0.308 e. The highest BCUT2D eigenvalue weighted by atomic mass is 16.6. The number of rotatable bonds is 3. The van der Waals surface area contributed by atoms with Crippen LogP contribution in [0.5, 0.6) is 0 Å². The van der Waals surface area contributed by atoms with Crippen molar-refractivity contribution in [3.05, 3.63) is 0 Å². The third-order valence-corrected chi connectivity index (χ3v) is 1.94. The number of hydrogen-bond acceptors (Lipinski definition) is 5. The lowest BCUT2D eigenvalue weighted by Crippen LogP contribution is -2.41. The van der Waals surface area contributed by atoms with E-state index in [0.29, 0.717) is 13.0 Å². The van der Waals surface area contributed by atoms with Crippen LogP contribution in [0.3, 0.4) is 0 Å². The van der Waals surface area contributed by atoms with Crippen LogP contribution in [0.2, 0.25) is 0 Å². The molecule has 1 heterocycles. The largest absolute Gasteiger partial charge is 0.460 e. The minimum atomic E-state index is -0.405. The fraction of sp³-hybridized carbons (Fsp3) is 0.818. The molecule has 0 spiro atoms. The van der Waals surface area contributed by atoms with Gasteiger partial charge < -0.3 is 15.4 Å². The Morgan fingerprint density at radius 2 is 2.31 bits per heavy atom. The van der Waals surface area contributed by atoms with Gasteiger partial charge in [-0.1, -0.05) is 0 Å². The van der Waals surface area contributed by atoms with Gasteiger partial charge in [0.25, 0.3) is 0 Å². The molecule has 0 amide bonds. The predicted molar refractivity (Wildman–Crippen MR) is 63.4 cm³/mol. The van der Waals surface area contributed by atoms with Crippen LogP contribution >= 0.6 is 0 Å². The summed E-state index contributed by atoms with van der Waals surface area (Å²) in [6, 6.07) is 0. The van der Waals surface area contributed by atoms with E-state index < -0.39 is 5.60 Å². The number of guanidine groups is 1. The average molecular weight is 227 g/mol. The molecule has 1 aliphatic rings. The maximum atomic E-state index is 11.4. The molecular formula is C11H21N3O2. The van der Waals surface area contributed by atoms with Gasteiger partial charge in [0.2, 0.25) is 0 Å². The van der Waals surface area contributed by atoms with Gasteiger partial charge in [-0.15, -0.1) is 0 Å². The molecule has 5 heteroatoms. The van der Waals surface area contributed by atoms with Gasteiger partial charge in [-0.2, -0.15) is 0 Å². The second-order valence-electron chi connectivity index (χ2n) is 4.77. The third-order valence-electron chi connectivity index (χ3n) is 1.94. The summed E-state index contributed by atoms with van der Waals surface area (Å²) < 4.78 is 5.19. The molecule has 0 aromatic carbocycles. The number of nitrogens with one attached hydrogen (secondary N) is 2. The van der Waals surface area contributed by atoms with Crippen molar-refractivity contribution in [3.8, 4) is 0 Å². The average Bonchev–Trinajstić information content (AvgIpc) is 2.16. The van der Waals surface area contributed by atoms with Crippen LogP contribution in [-0.2, 0) is 9.53 Å². The smallest absolute Gasteiger partial charge is 0.308 e. The fourth-order valence-corrected chi connectivity index (χ4v) is 1.33. The number of hydrogen-bond donors (Lipinski definition) is 2. The van der Waals surface area contributed by atoms with Gasteiger partial charge >= 0.3 is 5.97 Å². The number of esters is 1. The highest BCUT2D eigenvalue weighted by molar-refractivity contribution is 5.80. The van der Waals surface area contributed by atoms with Gasteiger partial charge in [0, 0.05) is 19.6 Å². The summed E-state index contributed by atoms with van der Waals surface area (Å²) in [5.74, 6) is 0.603. The van der Waals surface area contributed by atoms with Gasteiger partial charge in [-0.3, -0.25) is 9.79 Å².